The predicted molar refractivity (Wildman–Crippen MR) is 43.0 cm³/mol. The van der Waals surface area contributed by atoms with Crippen LogP contribution in [-0.4, -0.2) is 11.2 Å². The molecule has 2 bridgehead atoms. The summed E-state index contributed by atoms with van der Waals surface area (Å²) in [6.45, 7) is 0. The van der Waals surface area contributed by atoms with E-state index in [9.17, 15) is 5.11 Å². The number of allylic oxidation sites excluding steroid dienone is 3. The lowest BCUT2D eigenvalue weighted by Crippen LogP contribution is -2.09. The Morgan fingerprint density at radius 1 is 1.36 bits per heavy atom. The summed E-state index contributed by atoms with van der Waals surface area (Å²) >= 11 is 0. The first-order chi connectivity index (χ1) is 5.36. The fourth-order valence-corrected chi connectivity index (χ4v) is 2.91. The van der Waals surface area contributed by atoms with Crippen molar-refractivity contribution < 1.29 is 5.11 Å². The van der Waals surface area contributed by atoms with Gasteiger partial charge in [0.1, 0.15) is 0 Å². The lowest BCUT2D eigenvalue weighted by Gasteiger charge is -2.14. The van der Waals surface area contributed by atoms with Gasteiger partial charge in [0.2, 0.25) is 0 Å². The van der Waals surface area contributed by atoms with Crippen molar-refractivity contribution in [2.24, 2.45) is 11.8 Å². The summed E-state index contributed by atoms with van der Waals surface area (Å²) in [4.78, 5) is 0. The first-order valence-electron chi connectivity index (χ1n) is 4.45. The first kappa shape index (κ1) is 6.01. The van der Waals surface area contributed by atoms with Gasteiger partial charge in [0.25, 0.3) is 0 Å². The lowest BCUT2D eigenvalue weighted by molar-refractivity contribution is 0.217. The molecule has 0 radical (unpaired) electrons. The molecule has 1 nitrogen and oxygen atoms in total. The fraction of sp³-hybridized carbons (Fsp3) is 0.600. The molecule has 3 atom stereocenters. The van der Waals surface area contributed by atoms with Crippen molar-refractivity contribution in [3.63, 3.8) is 0 Å². The maximum atomic E-state index is 9.63. The van der Waals surface area contributed by atoms with Gasteiger partial charge in [-0.1, -0.05) is 12.2 Å². The van der Waals surface area contributed by atoms with Crippen LogP contribution in [0.1, 0.15) is 19.3 Å². The zero-order valence-corrected chi connectivity index (χ0v) is 6.46. The van der Waals surface area contributed by atoms with Crippen LogP contribution >= 0.6 is 0 Å². The Balaban J connectivity index is 2.13. The summed E-state index contributed by atoms with van der Waals surface area (Å²) in [5.41, 5.74) is 2.84. The minimum atomic E-state index is -0.0926. The monoisotopic (exact) mass is 148 g/mol. The van der Waals surface area contributed by atoms with Gasteiger partial charge in [-0.15, -0.1) is 0 Å². The second-order valence-electron chi connectivity index (χ2n) is 3.91. The summed E-state index contributed by atoms with van der Waals surface area (Å²) < 4.78 is 0. The number of fused-ring (bicyclic) bond motifs is 4. The molecule has 0 aliphatic heterocycles. The third kappa shape index (κ3) is 0.603. The Kier molecular flexibility index (Phi) is 0.972. The molecule has 1 N–H and O–H groups in total. The molecule has 3 aliphatic carbocycles. The summed E-state index contributed by atoms with van der Waals surface area (Å²) in [5, 5.41) is 9.63. The molecule has 3 unspecified atom stereocenters. The van der Waals surface area contributed by atoms with E-state index in [0.29, 0.717) is 0 Å². The first-order valence-corrected chi connectivity index (χ1v) is 4.45. The zero-order chi connectivity index (χ0) is 7.42. The lowest BCUT2D eigenvalue weighted by atomic mass is 9.92. The van der Waals surface area contributed by atoms with Crippen LogP contribution in [0.4, 0.5) is 0 Å². The number of hydrogen-bond donors (Lipinski definition) is 1. The van der Waals surface area contributed by atoms with Crippen LogP contribution in [0.5, 0.6) is 0 Å². The minimum Gasteiger partial charge on any atom is -0.389 e. The van der Waals surface area contributed by atoms with Gasteiger partial charge in [0, 0.05) is 0 Å². The van der Waals surface area contributed by atoms with Crippen LogP contribution < -0.4 is 0 Å². The van der Waals surface area contributed by atoms with Crippen molar-refractivity contribution in [2.45, 2.75) is 25.4 Å². The highest BCUT2D eigenvalue weighted by Crippen LogP contribution is 2.51. The van der Waals surface area contributed by atoms with E-state index in [1.54, 1.807) is 0 Å². The molecule has 58 valence electrons. The number of aliphatic hydroxyl groups is 1. The second-order valence-corrected chi connectivity index (χ2v) is 3.91. The molecule has 3 rings (SSSR count). The quantitative estimate of drug-likeness (QED) is 0.553. The van der Waals surface area contributed by atoms with Crippen LogP contribution in [0.15, 0.2) is 23.3 Å². The summed E-state index contributed by atoms with van der Waals surface area (Å²) in [5.74, 6) is 1.49. The summed E-state index contributed by atoms with van der Waals surface area (Å²) in [6.07, 6.45) is 7.88. The van der Waals surface area contributed by atoms with Crippen LogP contribution in [0, 0.1) is 11.8 Å². The van der Waals surface area contributed by atoms with Crippen molar-refractivity contribution in [1.29, 1.82) is 0 Å². The molecule has 0 amide bonds. The predicted octanol–water partition coefficient (Wildman–Crippen LogP) is 1.64. The van der Waals surface area contributed by atoms with Gasteiger partial charge in [-0.3, -0.25) is 0 Å². The smallest absolute Gasteiger partial charge is 0.0758 e. The van der Waals surface area contributed by atoms with E-state index in [0.717, 1.165) is 18.3 Å². The van der Waals surface area contributed by atoms with Gasteiger partial charge < -0.3 is 5.11 Å². The molecule has 0 saturated heterocycles. The van der Waals surface area contributed by atoms with Crippen molar-refractivity contribution in [1.82, 2.24) is 0 Å². The normalized spacial score (nSPS) is 45.7. The Morgan fingerprint density at radius 3 is 3.09 bits per heavy atom. The minimum absolute atomic E-state index is 0.0926. The van der Waals surface area contributed by atoms with E-state index in [1.165, 1.54) is 24.0 Å². The van der Waals surface area contributed by atoms with Gasteiger partial charge in [-0.25, -0.2) is 0 Å². The van der Waals surface area contributed by atoms with E-state index < -0.39 is 0 Å². The van der Waals surface area contributed by atoms with Gasteiger partial charge in [0.05, 0.1) is 6.10 Å². The molecule has 1 saturated carbocycles. The summed E-state index contributed by atoms with van der Waals surface area (Å²) in [7, 11) is 0. The van der Waals surface area contributed by atoms with Crippen molar-refractivity contribution >= 4 is 0 Å². The molecule has 3 aliphatic rings. The molecule has 1 heteroatoms. The SMILES string of the molecule is OC1CCC2C1=C1C=CC2C1. The Hall–Kier alpha value is -0.560. The van der Waals surface area contributed by atoms with E-state index in [1.807, 2.05) is 0 Å². The van der Waals surface area contributed by atoms with Crippen LogP contribution in [0.2, 0.25) is 0 Å². The van der Waals surface area contributed by atoms with E-state index in [4.69, 9.17) is 0 Å². The zero-order valence-electron chi connectivity index (χ0n) is 6.46. The maximum Gasteiger partial charge on any atom is 0.0758 e. The van der Waals surface area contributed by atoms with Gasteiger partial charge >= 0.3 is 0 Å². The highest BCUT2D eigenvalue weighted by molar-refractivity contribution is 5.44. The molecular weight excluding hydrogens is 136 g/mol. The maximum absolute atomic E-state index is 9.63. The average molecular weight is 148 g/mol. The molecule has 0 aromatic heterocycles. The van der Waals surface area contributed by atoms with Crippen LogP contribution in [-0.2, 0) is 0 Å². The average Bonchev–Trinajstić information content (AvgIpc) is 2.60. The molecule has 1 fully saturated rings. The molecule has 0 spiro atoms. The highest BCUT2D eigenvalue weighted by Gasteiger charge is 2.42. The second kappa shape index (κ2) is 1.78. The van der Waals surface area contributed by atoms with Crippen molar-refractivity contribution in [3.8, 4) is 0 Å². The molecular formula is C10H12O. The molecule has 0 aromatic rings. The molecule has 0 aromatic carbocycles. The van der Waals surface area contributed by atoms with E-state index >= 15 is 0 Å². The van der Waals surface area contributed by atoms with Gasteiger partial charge in [-0.05, 0) is 42.2 Å². The number of hydrogen-bond acceptors (Lipinski definition) is 1. The van der Waals surface area contributed by atoms with Gasteiger partial charge in [-0.2, -0.15) is 0 Å². The Labute approximate surface area is 66.4 Å². The van der Waals surface area contributed by atoms with Crippen LogP contribution in [0.25, 0.3) is 0 Å². The van der Waals surface area contributed by atoms with Crippen LogP contribution in [0.3, 0.4) is 0 Å². The van der Waals surface area contributed by atoms with Crippen molar-refractivity contribution in [3.05, 3.63) is 23.3 Å². The largest absolute Gasteiger partial charge is 0.389 e. The van der Waals surface area contributed by atoms with Crippen molar-refractivity contribution in [2.75, 3.05) is 0 Å². The third-order valence-corrected chi connectivity index (χ3v) is 3.40. The van der Waals surface area contributed by atoms with E-state index in [-0.39, 0.29) is 6.10 Å². The molecule has 0 heterocycles. The number of rotatable bonds is 0. The topological polar surface area (TPSA) is 20.2 Å². The van der Waals surface area contributed by atoms with Gasteiger partial charge in [0.15, 0.2) is 0 Å². The molecule has 11 heavy (non-hydrogen) atoms. The Morgan fingerprint density at radius 2 is 2.27 bits per heavy atom. The van der Waals surface area contributed by atoms with E-state index in [2.05, 4.69) is 12.2 Å². The third-order valence-electron chi connectivity index (χ3n) is 3.40. The highest BCUT2D eigenvalue weighted by atomic mass is 16.3. The fourth-order valence-electron chi connectivity index (χ4n) is 2.91. The Bertz CT molecular complexity index is 262. The number of aliphatic hydroxyl groups excluding tert-OH is 1. The summed E-state index contributed by atoms with van der Waals surface area (Å²) in [6, 6.07) is 0. The standard InChI is InChI=1S/C10H12O/c11-9-4-3-8-6-1-2-7(5-6)10(8)9/h1-2,6,8-9,11H,3-5H2.